The van der Waals surface area contributed by atoms with Crippen molar-refractivity contribution in [3.05, 3.63) is 48.1 Å². The highest BCUT2D eigenvalue weighted by atomic mass is 35.5. The number of fused-ring (bicyclic) bond motifs is 1. The van der Waals surface area contributed by atoms with Gasteiger partial charge in [0.05, 0.1) is 53.6 Å². The fraction of sp³-hybridized carbons (Fsp3) is 0.364. The SMILES string of the molecule is Nc1ncc(Cl)c(-c2cnn3cc(-c4cnn(C5CNC5)c4)ccc23)n1.OC1CCCOC1. The minimum absolute atomic E-state index is 0.179. The first kappa shape index (κ1) is 21.8. The van der Waals surface area contributed by atoms with Crippen molar-refractivity contribution >= 4 is 23.1 Å². The normalized spacial score (nSPS) is 18.5. The van der Waals surface area contributed by atoms with Gasteiger partial charge in [-0.05, 0) is 18.9 Å². The molecule has 2 fully saturated rings. The van der Waals surface area contributed by atoms with Crippen molar-refractivity contribution in [3.8, 4) is 22.4 Å². The molecule has 0 amide bonds. The van der Waals surface area contributed by atoms with E-state index in [9.17, 15) is 0 Å². The van der Waals surface area contributed by atoms with Crippen molar-refractivity contribution < 1.29 is 9.84 Å². The quantitative estimate of drug-likeness (QED) is 0.417. The van der Waals surface area contributed by atoms with Crippen LogP contribution in [0.3, 0.4) is 0 Å². The smallest absolute Gasteiger partial charge is 0.220 e. The first-order valence-electron chi connectivity index (χ1n) is 10.9. The van der Waals surface area contributed by atoms with E-state index in [2.05, 4.69) is 31.7 Å². The third-order valence-electron chi connectivity index (χ3n) is 5.74. The highest BCUT2D eigenvalue weighted by Crippen LogP contribution is 2.30. The Balaban J connectivity index is 0.000000281. The van der Waals surface area contributed by atoms with Gasteiger partial charge < -0.3 is 20.9 Å². The molecule has 2 saturated heterocycles. The molecule has 4 N–H and O–H groups in total. The number of nitrogens with two attached hydrogens (primary N) is 1. The number of ether oxygens (including phenoxy) is 1. The predicted molar refractivity (Wildman–Crippen MR) is 125 cm³/mol. The van der Waals surface area contributed by atoms with Gasteiger partial charge in [-0.25, -0.2) is 14.5 Å². The third kappa shape index (κ3) is 4.69. The van der Waals surface area contributed by atoms with Crippen LogP contribution in [0.2, 0.25) is 5.02 Å². The van der Waals surface area contributed by atoms with E-state index < -0.39 is 0 Å². The van der Waals surface area contributed by atoms with Gasteiger partial charge in [-0.1, -0.05) is 17.7 Å². The number of hydrogen-bond acceptors (Lipinski definition) is 8. The maximum absolute atomic E-state index is 8.78. The molecule has 0 saturated carbocycles. The van der Waals surface area contributed by atoms with E-state index in [1.165, 1.54) is 6.20 Å². The summed E-state index contributed by atoms with van der Waals surface area (Å²) in [6.45, 7) is 3.30. The second-order valence-electron chi connectivity index (χ2n) is 8.12. The van der Waals surface area contributed by atoms with Crippen LogP contribution in [0.1, 0.15) is 18.9 Å². The van der Waals surface area contributed by atoms with Crippen molar-refractivity contribution in [2.45, 2.75) is 25.0 Å². The Kier molecular flexibility index (Phi) is 6.23. The highest BCUT2D eigenvalue weighted by Gasteiger charge is 2.20. The van der Waals surface area contributed by atoms with Crippen LogP contribution in [-0.4, -0.2) is 66.9 Å². The summed E-state index contributed by atoms with van der Waals surface area (Å²) in [5.41, 5.74) is 10.1. The summed E-state index contributed by atoms with van der Waals surface area (Å²) < 4.78 is 8.75. The molecular weight excluding hydrogens is 444 g/mol. The summed E-state index contributed by atoms with van der Waals surface area (Å²) in [6, 6.07) is 4.47. The molecule has 2 aliphatic rings. The number of nitrogens with one attached hydrogen (secondary N) is 1. The Hall–Kier alpha value is -3.05. The lowest BCUT2D eigenvalue weighted by Gasteiger charge is -2.27. The minimum Gasteiger partial charge on any atom is -0.391 e. The van der Waals surface area contributed by atoms with Gasteiger partial charge >= 0.3 is 0 Å². The molecule has 1 unspecified atom stereocenters. The molecule has 0 spiro atoms. The molecule has 4 aromatic heterocycles. The zero-order chi connectivity index (χ0) is 22.8. The van der Waals surface area contributed by atoms with Crippen molar-refractivity contribution in [2.75, 3.05) is 32.0 Å². The molecule has 6 rings (SSSR count). The van der Waals surface area contributed by atoms with Gasteiger partial charge in [0.1, 0.15) is 0 Å². The van der Waals surface area contributed by atoms with E-state index in [4.69, 9.17) is 27.2 Å². The van der Waals surface area contributed by atoms with Gasteiger partial charge in [0.25, 0.3) is 0 Å². The average molecular weight is 469 g/mol. The number of hydrogen-bond donors (Lipinski definition) is 3. The number of aromatic nitrogens is 6. The van der Waals surface area contributed by atoms with Gasteiger partial charge in [0.2, 0.25) is 5.95 Å². The molecule has 4 aromatic rings. The Morgan fingerprint density at radius 1 is 1.12 bits per heavy atom. The van der Waals surface area contributed by atoms with Crippen LogP contribution in [0, 0.1) is 0 Å². The molecule has 0 bridgehead atoms. The number of halogens is 1. The molecule has 10 nitrogen and oxygen atoms in total. The van der Waals surface area contributed by atoms with E-state index in [0.717, 1.165) is 54.7 Å². The van der Waals surface area contributed by atoms with Crippen molar-refractivity contribution in [3.63, 3.8) is 0 Å². The molecular formula is C22H25ClN8O2. The summed E-state index contributed by atoms with van der Waals surface area (Å²) >= 11 is 6.23. The number of rotatable bonds is 3. The largest absolute Gasteiger partial charge is 0.391 e. The predicted octanol–water partition coefficient (Wildman–Crippen LogP) is 2.19. The lowest BCUT2D eigenvalue weighted by molar-refractivity contribution is -0.00535. The number of aliphatic hydroxyl groups is 1. The van der Waals surface area contributed by atoms with Crippen molar-refractivity contribution in [1.82, 2.24) is 34.7 Å². The Bertz CT molecular complexity index is 1250. The second-order valence-corrected chi connectivity index (χ2v) is 8.53. The Labute approximate surface area is 195 Å². The fourth-order valence-electron chi connectivity index (χ4n) is 3.78. The maximum atomic E-state index is 8.78. The Morgan fingerprint density at radius 3 is 2.70 bits per heavy atom. The summed E-state index contributed by atoms with van der Waals surface area (Å²) in [6.07, 6.45) is 10.9. The zero-order valence-corrected chi connectivity index (χ0v) is 18.7. The molecule has 1 atom stereocenters. The van der Waals surface area contributed by atoms with Crippen LogP contribution in [-0.2, 0) is 4.74 Å². The number of aliphatic hydroxyl groups excluding tert-OH is 1. The lowest BCUT2D eigenvalue weighted by atomic mass is 10.1. The lowest BCUT2D eigenvalue weighted by Crippen LogP contribution is -2.43. The third-order valence-corrected chi connectivity index (χ3v) is 6.02. The van der Waals surface area contributed by atoms with Crippen molar-refractivity contribution in [2.24, 2.45) is 0 Å². The number of nitrogens with zero attached hydrogens (tertiary/aromatic N) is 6. The molecule has 172 valence electrons. The van der Waals surface area contributed by atoms with Crippen LogP contribution in [0.4, 0.5) is 5.95 Å². The van der Waals surface area contributed by atoms with Gasteiger partial charge in [-0.3, -0.25) is 4.68 Å². The van der Waals surface area contributed by atoms with Crippen LogP contribution in [0.25, 0.3) is 27.9 Å². The number of nitrogen functional groups attached to an aromatic ring is 1. The first-order chi connectivity index (χ1) is 16.1. The van der Waals surface area contributed by atoms with Crippen LogP contribution in [0.5, 0.6) is 0 Å². The topological polar surface area (TPSA) is 128 Å². The van der Waals surface area contributed by atoms with E-state index in [0.29, 0.717) is 23.4 Å². The summed E-state index contributed by atoms with van der Waals surface area (Å²) in [5.74, 6) is 0.179. The minimum atomic E-state index is -0.186. The molecule has 6 heterocycles. The molecule has 33 heavy (non-hydrogen) atoms. The van der Waals surface area contributed by atoms with Gasteiger partial charge in [-0.2, -0.15) is 10.2 Å². The van der Waals surface area contributed by atoms with E-state index in [-0.39, 0.29) is 12.1 Å². The first-order valence-corrected chi connectivity index (χ1v) is 11.2. The number of pyridine rings is 1. The van der Waals surface area contributed by atoms with Crippen LogP contribution < -0.4 is 11.1 Å². The monoisotopic (exact) mass is 468 g/mol. The standard InChI is InChI=1S/C17H15ClN8.C5H10O2/c18-14-7-21-17(19)24-16(14)13-6-23-26-8-10(1-2-15(13)26)11-3-22-25(9-11)12-4-20-5-12;6-5-2-1-3-7-4-5/h1-3,6-9,12,20H,4-5H2,(H2,19,21,24);5-6H,1-4H2. The van der Waals surface area contributed by atoms with Gasteiger partial charge in [0.15, 0.2) is 0 Å². The average Bonchev–Trinajstić information content (AvgIpc) is 3.42. The molecule has 0 aromatic carbocycles. The molecule has 2 aliphatic heterocycles. The van der Waals surface area contributed by atoms with Crippen molar-refractivity contribution in [1.29, 1.82) is 0 Å². The zero-order valence-electron chi connectivity index (χ0n) is 17.9. The summed E-state index contributed by atoms with van der Waals surface area (Å²) in [4.78, 5) is 8.15. The summed E-state index contributed by atoms with van der Waals surface area (Å²) in [5, 5.41) is 21.4. The van der Waals surface area contributed by atoms with Crippen LogP contribution >= 0.6 is 11.6 Å². The van der Waals surface area contributed by atoms with Gasteiger partial charge in [-0.15, -0.1) is 0 Å². The molecule has 11 heteroatoms. The molecule has 0 aliphatic carbocycles. The molecule has 0 radical (unpaired) electrons. The number of anilines is 1. The fourth-order valence-corrected chi connectivity index (χ4v) is 3.97. The maximum Gasteiger partial charge on any atom is 0.220 e. The van der Waals surface area contributed by atoms with E-state index in [1.54, 1.807) is 6.20 Å². The summed E-state index contributed by atoms with van der Waals surface area (Å²) in [7, 11) is 0. The second kappa shape index (κ2) is 9.44. The van der Waals surface area contributed by atoms with E-state index in [1.807, 2.05) is 33.7 Å². The van der Waals surface area contributed by atoms with Crippen LogP contribution in [0.15, 0.2) is 43.1 Å². The highest BCUT2D eigenvalue weighted by molar-refractivity contribution is 6.33. The van der Waals surface area contributed by atoms with Gasteiger partial charge in [0, 0.05) is 48.8 Å². The Morgan fingerprint density at radius 2 is 2.00 bits per heavy atom. The van der Waals surface area contributed by atoms with E-state index >= 15 is 0 Å².